The van der Waals surface area contributed by atoms with Crippen LogP contribution in [0.4, 0.5) is 5.69 Å². The molecule has 0 bridgehead atoms. The minimum atomic E-state index is -0.212. The number of anilines is 1. The highest BCUT2D eigenvalue weighted by Gasteiger charge is 2.06. The maximum absolute atomic E-state index is 11.3. The third-order valence-electron chi connectivity index (χ3n) is 3.07. The first kappa shape index (κ1) is 14.7. The van der Waals surface area contributed by atoms with Gasteiger partial charge in [-0.25, -0.2) is 4.79 Å². The Kier molecular flexibility index (Phi) is 4.10. The molecule has 0 fully saturated rings. The number of halogens is 3. The van der Waals surface area contributed by atoms with E-state index < -0.39 is 0 Å². The van der Waals surface area contributed by atoms with Crippen LogP contribution in [0.5, 0.6) is 0 Å². The summed E-state index contributed by atoms with van der Waals surface area (Å²) in [6, 6.07) is 9.55. The SMILES string of the molecule is O=c1[nH]c2cc(Br)c(NCc3ccc(Cl)c(Br)c3)cc2[nH]1. The van der Waals surface area contributed by atoms with E-state index in [1.54, 1.807) is 0 Å². The largest absolute Gasteiger partial charge is 0.380 e. The molecular formula is C14H10Br2ClN3O. The highest BCUT2D eigenvalue weighted by atomic mass is 79.9. The molecule has 1 heterocycles. The maximum atomic E-state index is 11.3. The number of aromatic nitrogens is 2. The van der Waals surface area contributed by atoms with Gasteiger partial charge in [0.05, 0.1) is 21.7 Å². The van der Waals surface area contributed by atoms with Crippen molar-refractivity contribution in [3.63, 3.8) is 0 Å². The Morgan fingerprint density at radius 1 is 1.05 bits per heavy atom. The zero-order chi connectivity index (χ0) is 15.0. The van der Waals surface area contributed by atoms with Crippen molar-refractivity contribution in [3.8, 4) is 0 Å². The van der Waals surface area contributed by atoms with Crippen molar-refractivity contribution < 1.29 is 0 Å². The van der Waals surface area contributed by atoms with Gasteiger partial charge in [-0.3, -0.25) is 0 Å². The molecule has 0 aliphatic carbocycles. The molecule has 0 unspecified atom stereocenters. The third kappa shape index (κ3) is 3.17. The zero-order valence-corrected chi connectivity index (χ0v) is 14.6. The molecule has 0 spiro atoms. The predicted molar refractivity (Wildman–Crippen MR) is 93.1 cm³/mol. The van der Waals surface area contributed by atoms with Crippen LogP contribution in [0.15, 0.2) is 44.1 Å². The van der Waals surface area contributed by atoms with Gasteiger partial charge in [0, 0.05) is 15.5 Å². The first-order valence-corrected chi connectivity index (χ1v) is 8.08. The minimum absolute atomic E-state index is 0.212. The van der Waals surface area contributed by atoms with E-state index in [9.17, 15) is 4.79 Å². The smallest absolute Gasteiger partial charge is 0.323 e. The van der Waals surface area contributed by atoms with E-state index >= 15 is 0 Å². The molecule has 21 heavy (non-hydrogen) atoms. The molecule has 0 radical (unpaired) electrons. The molecule has 3 rings (SSSR count). The summed E-state index contributed by atoms with van der Waals surface area (Å²) < 4.78 is 1.76. The van der Waals surface area contributed by atoms with Gasteiger partial charge in [0.25, 0.3) is 0 Å². The lowest BCUT2D eigenvalue weighted by Gasteiger charge is -2.09. The summed E-state index contributed by atoms with van der Waals surface area (Å²) in [5.74, 6) is 0. The van der Waals surface area contributed by atoms with E-state index in [0.29, 0.717) is 11.6 Å². The Hall–Kier alpha value is -1.24. The van der Waals surface area contributed by atoms with E-state index in [1.165, 1.54) is 0 Å². The van der Waals surface area contributed by atoms with Crippen molar-refractivity contribution >= 4 is 60.2 Å². The van der Waals surface area contributed by atoms with Crippen LogP contribution in [-0.4, -0.2) is 9.97 Å². The Labute approximate surface area is 142 Å². The average molecular weight is 432 g/mol. The Balaban J connectivity index is 1.85. The van der Waals surface area contributed by atoms with Gasteiger partial charge >= 0.3 is 5.69 Å². The van der Waals surface area contributed by atoms with Gasteiger partial charge in [-0.1, -0.05) is 17.7 Å². The summed E-state index contributed by atoms with van der Waals surface area (Å²) in [4.78, 5) is 16.8. The number of aromatic amines is 2. The topological polar surface area (TPSA) is 60.7 Å². The van der Waals surface area contributed by atoms with E-state index in [0.717, 1.165) is 31.2 Å². The number of rotatable bonds is 3. The van der Waals surface area contributed by atoms with Gasteiger partial charge in [0.1, 0.15) is 0 Å². The lowest BCUT2D eigenvalue weighted by atomic mass is 10.2. The average Bonchev–Trinajstić information content (AvgIpc) is 2.79. The van der Waals surface area contributed by atoms with Crippen LogP contribution in [0.3, 0.4) is 0 Å². The van der Waals surface area contributed by atoms with Gasteiger partial charge in [0.15, 0.2) is 0 Å². The van der Waals surface area contributed by atoms with E-state index in [2.05, 4.69) is 47.1 Å². The summed E-state index contributed by atoms with van der Waals surface area (Å²) in [5.41, 5.74) is 3.33. The number of hydrogen-bond acceptors (Lipinski definition) is 2. The molecule has 0 amide bonds. The second-order valence-electron chi connectivity index (χ2n) is 4.56. The first-order valence-electron chi connectivity index (χ1n) is 6.12. The van der Waals surface area contributed by atoms with Gasteiger partial charge in [-0.15, -0.1) is 0 Å². The molecule has 0 aliphatic rings. The predicted octanol–water partition coefficient (Wildman–Crippen LogP) is 4.65. The highest BCUT2D eigenvalue weighted by Crippen LogP contribution is 2.28. The van der Waals surface area contributed by atoms with E-state index in [4.69, 9.17) is 11.6 Å². The third-order valence-corrected chi connectivity index (χ3v) is 4.94. The molecule has 0 aliphatic heterocycles. The van der Waals surface area contributed by atoms with Crippen LogP contribution >= 0.6 is 43.5 Å². The van der Waals surface area contributed by atoms with Crippen LogP contribution in [-0.2, 0) is 6.54 Å². The molecule has 2 aromatic carbocycles. The fourth-order valence-electron chi connectivity index (χ4n) is 2.04. The maximum Gasteiger partial charge on any atom is 0.323 e. The fraction of sp³-hybridized carbons (Fsp3) is 0.0714. The fourth-order valence-corrected chi connectivity index (χ4v) is 3.07. The first-order chi connectivity index (χ1) is 10.0. The van der Waals surface area contributed by atoms with Gasteiger partial charge < -0.3 is 15.3 Å². The number of imidazole rings is 1. The van der Waals surface area contributed by atoms with Crippen LogP contribution in [0.2, 0.25) is 5.02 Å². The second kappa shape index (κ2) is 5.87. The molecular weight excluding hydrogens is 421 g/mol. The van der Waals surface area contributed by atoms with Crippen molar-refractivity contribution in [2.75, 3.05) is 5.32 Å². The number of hydrogen-bond donors (Lipinski definition) is 3. The number of H-pyrrole nitrogens is 2. The monoisotopic (exact) mass is 429 g/mol. The van der Waals surface area contributed by atoms with Crippen molar-refractivity contribution in [2.45, 2.75) is 6.54 Å². The molecule has 3 N–H and O–H groups in total. The summed E-state index contributed by atoms with van der Waals surface area (Å²) >= 11 is 12.9. The number of fused-ring (bicyclic) bond motifs is 1. The molecule has 0 atom stereocenters. The van der Waals surface area contributed by atoms with Gasteiger partial charge in [-0.2, -0.15) is 0 Å². The summed E-state index contributed by atoms with van der Waals surface area (Å²) in [6.07, 6.45) is 0. The summed E-state index contributed by atoms with van der Waals surface area (Å²) in [6.45, 7) is 0.647. The van der Waals surface area contributed by atoms with Crippen molar-refractivity contribution in [1.29, 1.82) is 0 Å². The van der Waals surface area contributed by atoms with Gasteiger partial charge in [-0.05, 0) is 61.7 Å². The van der Waals surface area contributed by atoms with Crippen LogP contribution < -0.4 is 11.0 Å². The molecule has 0 saturated heterocycles. The lowest BCUT2D eigenvalue weighted by Crippen LogP contribution is -2.00. The quantitative estimate of drug-likeness (QED) is 0.566. The molecule has 0 saturated carbocycles. The van der Waals surface area contributed by atoms with Crippen LogP contribution in [0.25, 0.3) is 11.0 Å². The molecule has 1 aromatic heterocycles. The number of benzene rings is 2. The Morgan fingerprint density at radius 2 is 1.76 bits per heavy atom. The van der Waals surface area contributed by atoms with E-state index in [1.807, 2.05) is 30.3 Å². The summed E-state index contributed by atoms with van der Waals surface area (Å²) in [7, 11) is 0. The number of nitrogens with one attached hydrogen (secondary N) is 3. The molecule has 108 valence electrons. The second-order valence-corrected chi connectivity index (χ2v) is 6.67. The normalized spacial score (nSPS) is 11.0. The van der Waals surface area contributed by atoms with Crippen molar-refractivity contribution in [1.82, 2.24) is 9.97 Å². The lowest BCUT2D eigenvalue weighted by molar-refractivity contribution is 1.14. The van der Waals surface area contributed by atoms with Gasteiger partial charge in [0.2, 0.25) is 0 Å². The Morgan fingerprint density at radius 3 is 2.48 bits per heavy atom. The van der Waals surface area contributed by atoms with Crippen molar-refractivity contribution in [3.05, 3.63) is 60.3 Å². The molecule has 4 nitrogen and oxygen atoms in total. The zero-order valence-electron chi connectivity index (χ0n) is 10.6. The van der Waals surface area contributed by atoms with Crippen LogP contribution in [0, 0.1) is 0 Å². The van der Waals surface area contributed by atoms with E-state index in [-0.39, 0.29) is 5.69 Å². The molecule has 3 aromatic rings. The minimum Gasteiger partial charge on any atom is -0.380 e. The standard InChI is InChI=1S/C14H10Br2ClN3O/c15-8-3-7(1-2-10(8)17)6-18-11-5-13-12(4-9(11)16)19-14(21)20-13/h1-5,18H,6H2,(H2,19,20,21). The highest BCUT2D eigenvalue weighted by molar-refractivity contribution is 9.11. The van der Waals surface area contributed by atoms with Crippen LogP contribution in [0.1, 0.15) is 5.56 Å². The molecule has 7 heteroatoms. The van der Waals surface area contributed by atoms with Crippen molar-refractivity contribution in [2.24, 2.45) is 0 Å². The summed E-state index contributed by atoms with van der Waals surface area (Å²) in [5, 5.41) is 4.02. The Bertz CT molecular complexity index is 872.